The Bertz CT molecular complexity index is 345. The second kappa shape index (κ2) is 16.7. The predicted octanol–water partition coefficient (Wildman–Crippen LogP) is -0.890. The number of hydrogen-bond acceptors (Lipinski definition) is 8. The summed E-state index contributed by atoms with van der Waals surface area (Å²) in [5.41, 5.74) is 0. The predicted molar refractivity (Wildman–Crippen MR) is 86.4 cm³/mol. The molecule has 0 radical (unpaired) electrons. The number of nitrogens with one attached hydrogen (secondary N) is 2. The van der Waals surface area contributed by atoms with Crippen molar-refractivity contribution in [3.63, 3.8) is 0 Å². The van der Waals surface area contributed by atoms with Crippen LogP contribution in [-0.2, 0) is 20.8 Å². The first-order chi connectivity index (χ1) is 9.41. The minimum atomic E-state index is -4.67. The molecule has 0 atom stereocenters. The van der Waals surface area contributed by atoms with E-state index >= 15 is 0 Å². The molecule has 0 aromatic carbocycles. The lowest BCUT2D eigenvalue weighted by molar-refractivity contribution is 0.378. The van der Waals surface area contributed by atoms with Crippen molar-refractivity contribution in [3.05, 3.63) is 0 Å². The van der Waals surface area contributed by atoms with Gasteiger partial charge in [-0.2, -0.15) is 42.1 Å². The van der Waals surface area contributed by atoms with E-state index in [1.807, 2.05) is 0 Å². The maximum Gasteiger partial charge on any atom is 0.394 e. The Labute approximate surface area is 136 Å². The van der Waals surface area contributed by atoms with Crippen LogP contribution in [0.3, 0.4) is 0 Å². The maximum atomic E-state index is 8.74. The third kappa shape index (κ3) is 98.2. The summed E-state index contributed by atoms with van der Waals surface area (Å²) in [5.74, 6) is 1.84. The van der Waals surface area contributed by atoms with Crippen molar-refractivity contribution in [2.45, 2.75) is 6.42 Å². The van der Waals surface area contributed by atoms with E-state index in [1.54, 1.807) is 0 Å². The SMILES string of the molecule is O=S(=O)(O)O.O=S(=O)(O)O.SCCNCCCNCCS. The van der Waals surface area contributed by atoms with Crippen LogP contribution in [0.5, 0.6) is 0 Å². The van der Waals surface area contributed by atoms with Crippen LogP contribution in [0.4, 0.5) is 0 Å². The smallest absolute Gasteiger partial charge is 0.316 e. The lowest BCUT2D eigenvalue weighted by Crippen LogP contribution is -2.24. The highest BCUT2D eigenvalue weighted by molar-refractivity contribution is 7.80. The molecule has 0 unspecified atom stereocenters. The van der Waals surface area contributed by atoms with Crippen molar-refractivity contribution in [2.75, 3.05) is 37.7 Å². The summed E-state index contributed by atoms with van der Waals surface area (Å²) in [6.45, 7) is 4.19. The van der Waals surface area contributed by atoms with Crippen molar-refractivity contribution in [1.82, 2.24) is 10.6 Å². The molecule has 0 saturated carbocycles. The summed E-state index contributed by atoms with van der Waals surface area (Å²) in [4.78, 5) is 0. The van der Waals surface area contributed by atoms with Gasteiger partial charge in [-0.15, -0.1) is 0 Å². The van der Waals surface area contributed by atoms with Crippen LogP contribution in [0.15, 0.2) is 0 Å². The fourth-order valence-electron chi connectivity index (χ4n) is 0.747. The Kier molecular flexibility index (Phi) is 20.9. The molecule has 0 aromatic rings. The largest absolute Gasteiger partial charge is 0.394 e. The first-order valence-corrected chi connectivity index (χ1v) is 9.50. The molecule has 0 rings (SSSR count). The second-order valence-electron chi connectivity index (χ2n) is 3.20. The Balaban J connectivity index is -0.000000270. The van der Waals surface area contributed by atoms with Crippen molar-refractivity contribution in [1.29, 1.82) is 0 Å². The van der Waals surface area contributed by atoms with Crippen molar-refractivity contribution >= 4 is 46.1 Å². The Morgan fingerprint density at radius 3 is 1.10 bits per heavy atom. The Morgan fingerprint density at radius 1 is 0.667 bits per heavy atom. The zero-order valence-electron chi connectivity index (χ0n) is 11.1. The third-order valence-electron chi connectivity index (χ3n) is 1.28. The maximum absolute atomic E-state index is 8.74. The van der Waals surface area contributed by atoms with Gasteiger partial charge in [0.1, 0.15) is 0 Å². The van der Waals surface area contributed by atoms with Crippen LogP contribution in [0.25, 0.3) is 0 Å². The summed E-state index contributed by atoms with van der Waals surface area (Å²) < 4.78 is 63.2. The van der Waals surface area contributed by atoms with Crippen LogP contribution < -0.4 is 10.6 Å². The van der Waals surface area contributed by atoms with Crippen LogP contribution in [0.1, 0.15) is 6.42 Å². The van der Waals surface area contributed by atoms with Crippen molar-refractivity contribution in [2.24, 2.45) is 0 Å². The van der Waals surface area contributed by atoms with E-state index in [2.05, 4.69) is 35.9 Å². The lowest BCUT2D eigenvalue weighted by Gasteiger charge is -2.03. The first-order valence-electron chi connectivity index (χ1n) is 5.44. The van der Waals surface area contributed by atoms with Gasteiger partial charge in [0.05, 0.1) is 0 Å². The zero-order valence-corrected chi connectivity index (χ0v) is 14.5. The van der Waals surface area contributed by atoms with Crippen LogP contribution in [-0.4, -0.2) is 72.7 Å². The highest BCUT2D eigenvalue weighted by Gasteiger charge is 1.86. The van der Waals surface area contributed by atoms with E-state index in [0.717, 1.165) is 37.7 Å². The zero-order chi connectivity index (χ0) is 17.4. The number of thiol groups is 2. The Hall–Kier alpha value is 0.360. The first kappa shape index (κ1) is 26.3. The molecule has 6 N–H and O–H groups in total. The van der Waals surface area contributed by atoms with Gasteiger partial charge in [0.2, 0.25) is 0 Å². The monoisotopic (exact) mass is 390 g/mol. The van der Waals surface area contributed by atoms with E-state index in [4.69, 9.17) is 35.0 Å². The molecule has 132 valence electrons. The molecule has 0 heterocycles. The molecule has 0 amide bonds. The van der Waals surface area contributed by atoms with Crippen molar-refractivity contribution < 1.29 is 35.0 Å². The molecule has 0 aliphatic rings. The van der Waals surface area contributed by atoms with Gasteiger partial charge in [-0.05, 0) is 19.5 Å². The molecule has 14 heteroatoms. The molecular formula is C7H22N2O8S4. The van der Waals surface area contributed by atoms with E-state index in [1.165, 1.54) is 6.42 Å². The summed E-state index contributed by atoms with van der Waals surface area (Å²) in [7, 11) is -9.33. The van der Waals surface area contributed by atoms with Crippen LogP contribution in [0.2, 0.25) is 0 Å². The average molecular weight is 391 g/mol. The summed E-state index contributed by atoms with van der Waals surface area (Å²) in [6.07, 6.45) is 1.18. The van der Waals surface area contributed by atoms with Gasteiger partial charge < -0.3 is 10.6 Å². The fourth-order valence-corrected chi connectivity index (χ4v) is 1.06. The molecule has 21 heavy (non-hydrogen) atoms. The second-order valence-corrected chi connectivity index (χ2v) is 5.88. The summed E-state index contributed by atoms with van der Waals surface area (Å²) >= 11 is 8.18. The van der Waals surface area contributed by atoms with E-state index in [-0.39, 0.29) is 0 Å². The summed E-state index contributed by atoms with van der Waals surface area (Å²) in [6, 6.07) is 0. The normalized spacial score (nSPS) is 11.0. The van der Waals surface area contributed by atoms with Gasteiger partial charge in [0.15, 0.2) is 0 Å². The molecule has 0 aliphatic heterocycles. The standard InChI is InChI=1S/C7H18N2S2.2H2O4S/c10-6-4-8-2-1-3-9-5-7-11;2*1-5(2,3)4/h8-11H,1-7H2;2*(H2,1,2,3,4). The highest BCUT2D eigenvalue weighted by Crippen LogP contribution is 1.75. The van der Waals surface area contributed by atoms with E-state index < -0.39 is 20.8 Å². The van der Waals surface area contributed by atoms with E-state index in [0.29, 0.717) is 0 Å². The number of hydrogen-bond donors (Lipinski definition) is 8. The topological polar surface area (TPSA) is 173 Å². The molecule has 0 aliphatic carbocycles. The van der Waals surface area contributed by atoms with Gasteiger partial charge >= 0.3 is 20.8 Å². The van der Waals surface area contributed by atoms with Gasteiger partial charge in [-0.1, -0.05) is 0 Å². The van der Waals surface area contributed by atoms with Gasteiger partial charge in [-0.25, -0.2) is 0 Å². The molecular weight excluding hydrogens is 368 g/mol. The molecule has 0 saturated heterocycles. The quantitative estimate of drug-likeness (QED) is 0.147. The van der Waals surface area contributed by atoms with Crippen molar-refractivity contribution in [3.8, 4) is 0 Å². The highest BCUT2D eigenvalue weighted by atomic mass is 32.3. The molecule has 0 spiro atoms. The molecule has 0 fully saturated rings. The molecule has 10 nitrogen and oxygen atoms in total. The van der Waals surface area contributed by atoms with Gasteiger partial charge in [0, 0.05) is 24.6 Å². The van der Waals surface area contributed by atoms with Gasteiger partial charge in [0.25, 0.3) is 0 Å². The third-order valence-corrected chi connectivity index (χ3v) is 1.73. The molecule has 0 bridgehead atoms. The van der Waals surface area contributed by atoms with Crippen LogP contribution >= 0.6 is 25.3 Å². The van der Waals surface area contributed by atoms with E-state index in [9.17, 15) is 0 Å². The average Bonchev–Trinajstić information content (AvgIpc) is 2.23. The van der Waals surface area contributed by atoms with Crippen LogP contribution in [0, 0.1) is 0 Å². The van der Waals surface area contributed by atoms with Gasteiger partial charge in [-0.3, -0.25) is 18.2 Å². The lowest BCUT2D eigenvalue weighted by atomic mass is 10.4. The minimum Gasteiger partial charge on any atom is -0.316 e. The number of rotatable bonds is 8. The Morgan fingerprint density at radius 2 is 0.905 bits per heavy atom. The minimum absolute atomic E-state index is 0.921. The fraction of sp³-hybridized carbons (Fsp3) is 1.00. The molecule has 0 aromatic heterocycles. The summed E-state index contributed by atoms with van der Waals surface area (Å²) in [5, 5.41) is 6.55.